The summed E-state index contributed by atoms with van der Waals surface area (Å²) in [6, 6.07) is 2.12. The molecule has 6 nitrogen and oxygen atoms in total. The molecule has 1 unspecified atom stereocenters. The fourth-order valence-corrected chi connectivity index (χ4v) is 3.35. The van der Waals surface area contributed by atoms with Crippen molar-refractivity contribution in [1.29, 1.82) is 0 Å². The maximum absolute atomic E-state index is 11.8. The highest BCUT2D eigenvalue weighted by Gasteiger charge is 2.25. The Hall–Kier alpha value is -1.89. The largest absolute Gasteiger partial charge is 0.357 e. The molecule has 0 aromatic carbocycles. The van der Waals surface area contributed by atoms with Gasteiger partial charge in [0.05, 0.1) is 0 Å². The van der Waals surface area contributed by atoms with Crippen molar-refractivity contribution in [3.63, 3.8) is 0 Å². The molecule has 2 amide bonds. The lowest BCUT2D eigenvalue weighted by molar-refractivity contribution is -0.147. The summed E-state index contributed by atoms with van der Waals surface area (Å²) in [5.41, 5.74) is 1.30. The molecule has 1 aliphatic rings. The first-order valence-corrected chi connectivity index (χ1v) is 9.43. The molecule has 24 heavy (non-hydrogen) atoms. The van der Waals surface area contributed by atoms with Crippen LogP contribution in [-0.4, -0.2) is 48.9 Å². The summed E-state index contributed by atoms with van der Waals surface area (Å²) in [6.45, 7) is 6.52. The third-order valence-electron chi connectivity index (χ3n) is 3.99. The molecule has 132 valence electrons. The number of hydrogen-bond acceptors (Lipinski definition) is 4. The van der Waals surface area contributed by atoms with Crippen LogP contribution < -0.4 is 10.6 Å². The van der Waals surface area contributed by atoms with E-state index in [1.165, 1.54) is 10.5 Å². The van der Waals surface area contributed by atoms with E-state index in [9.17, 15) is 9.59 Å². The summed E-state index contributed by atoms with van der Waals surface area (Å²) >= 11 is 1.69. The zero-order chi connectivity index (χ0) is 17.4. The summed E-state index contributed by atoms with van der Waals surface area (Å²) in [6.07, 6.45) is 1.61. The zero-order valence-corrected chi connectivity index (χ0v) is 15.2. The Bertz CT molecular complexity index is 555. The third kappa shape index (κ3) is 5.33. The smallest absolute Gasteiger partial charge is 0.229 e. The fourth-order valence-electron chi connectivity index (χ4n) is 2.57. The van der Waals surface area contributed by atoms with Crippen molar-refractivity contribution in [1.82, 2.24) is 15.5 Å². The van der Waals surface area contributed by atoms with Gasteiger partial charge in [0, 0.05) is 44.9 Å². The number of guanidine groups is 1. The number of rotatable bonds is 7. The molecule has 1 aromatic heterocycles. The molecular formula is C17H26N4O2S. The van der Waals surface area contributed by atoms with Gasteiger partial charge in [0.15, 0.2) is 5.96 Å². The first kappa shape index (κ1) is 18.4. The highest BCUT2D eigenvalue weighted by Crippen LogP contribution is 2.18. The van der Waals surface area contributed by atoms with Gasteiger partial charge in [-0.2, -0.15) is 11.3 Å². The van der Waals surface area contributed by atoms with Crippen molar-refractivity contribution in [3.05, 3.63) is 22.4 Å². The summed E-state index contributed by atoms with van der Waals surface area (Å²) in [5, 5.41) is 10.6. The summed E-state index contributed by atoms with van der Waals surface area (Å²) in [7, 11) is 0. The Kier molecular flexibility index (Phi) is 7.24. The quantitative estimate of drug-likeness (QED) is 0.448. The van der Waals surface area contributed by atoms with Gasteiger partial charge in [0.1, 0.15) is 0 Å². The van der Waals surface area contributed by atoms with E-state index >= 15 is 0 Å². The lowest BCUT2D eigenvalue weighted by Crippen LogP contribution is -2.46. The number of thiophene rings is 1. The van der Waals surface area contributed by atoms with Crippen molar-refractivity contribution in [3.8, 4) is 0 Å². The molecule has 2 rings (SSSR count). The standard InChI is InChI=1S/C17H26N4O2S/c1-3-18-17(20-11-13(2)14-7-10-24-12-14)19-8-9-21-15(22)5-4-6-16(21)23/h7,10,12-13H,3-6,8-9,11H2,1-2H3,(H2,18,19,20). The average Bonchev–Trinajstić information content (AvgIpc) is 3.09. The average molecular weight is 350 g/mol. The molecule has 0 spiro atoms. The molecule has 1 aromatic rings. The minimum atomic E-state index is -0.0685. The fraction of sp³-hybridized carbons (Fsp3) is 0.588. The number of carbonyl (C=O) groups is 2. The molecule has 1 atom stereocenters. The maximum atomic E-state index is 11.8. The van der Waals surface area contributed by atoms with Crippen LogP contribution in [0.5, 0.6) is 0 Å². The molecule has 0 bridgehead atoms. The number of piperidine rings is 1. The van der Waals surface area contributed by atoms with Crippen molar-refractivity contribution >= 4 is 29.1 Å². The molecule has 0 radical (unpaired) electrons. The Labute approximate surface area is 147 Å². The van der Waals surface area contributed by atoms with Gasteiger partial charge in [-0.3, -0.25) is 19.5 Å². The Morgan fingerprint density at radius 3 is 2.71 bits per heavy atom. The number of imide groups is 1. The van der Waals surface area contributed by atoms with Crippen LogP contribution in [0.25, 0.3) is 0 Å². The molecule has 0 saturated carbocycles. The van der Waals surface area contributed by atoms with Gasteiger partial charge in [0.25, 0.3) is 0 Å². The molecule has 1 fully saturated rings. The minimum Gasteiger partial charge on any atom is -0.357 e. The lowest BCUT2D eigenvalue weighted by atomic mass is 10.1. The zero-order valence-electron chi connectivity index (χ0n) is 14.4. The second-order valence-corrected chi connectivity index (χ2v) is 6.68. The topological polar surface area (TPSA) is 73.8 Å². The molecule has 7 heteroatoms. The van der Waals surface area contributed by atoms with E-state index in [2.05, 4.69) is 39.4 Å². The van der Waals surface area contributed by atoms with Crippen molar-refractivity contribution in [2.75, 3.05) is 26.2 Å². The molecule has 1 saturated heterocycles. The van der Waals surface area contributed by atoms with E-state index in [0.717, 1.165) is 12.5 Å². The molecule has 1 aliphatic heterocycles. The van der Waals surface area contributed by atoms with E-state index < -0.39 is 0 Å². The van der Waals surface area contributed by atoms with Crippen LogP contribution in [-0.2, 0) is 9.59 Å². The number of carbonyl (C=O) groups excluding carboxylic acids is 2. The van der Waals surface area contributed by atoms with Crippen LogP contribution in [0.4, 0.5) is 0 Å². The summed E-state index contributed by atoms with van der Waals surface area (Å²) < 4.78 is 0. The number of nitrogens with one attached hydrogen (secondary N) is 2. The number of amides is 2. The van der Waals surface area contributed by atoms with Crippen LogP contribution in [0.2, 0.25) is 0 Å². The first-order chi connectivity index (χ1) is 11.6. The van der Waals surface area contributed by atoms with Crippen LogP contribution in [0.1, 0.15) is 44.6 Å². The highest BCUT2D eigenvalue weighted by molar-refractivity contribution is 7.07. The van der Waals surface area contributed by atoms with Gasteiger partial charge in [-0.25, -0.2) is 0 Å². The van der Waals surface area contributed by atoms with Crippen LogP contribution in [0.15, 0.2) is 21.8 Å². The van der Waals surface area contributed by atoms with Gasteiger partial charge < -0.3 is 10.6 Å². The molecule has 2 heterocycles. The lowest BCUT2D eigenvalue weighted by Gasteiger charge is -2.25. The summed E-state index contributed by atoms with van der Waals surface area (Å²) in [4.78, 5) is 29.5. The second kappa shape index (κ2) is 9.42. The normalized spacial score (nSPS) is 17.1. The van der Waals surface area contributed by atoms with Gasteiger partial charge in [-0.1, -0.05) is 6.92 Å². The first-order valence-electron chi connectivity index (χ1n) is 8.49. The Balaban J connectivity index is 1.83. The van der Waals surface area contributed by atoms with E-state index in [-0.39, 0.29) is 11.8 Å². The van der Waals surface area contributed by atoms with Crippen molar-refractivity contribution in [2.24, 2.45) is 4.99 Å². The molecule has 0 aliphatic carbocycles. The maximum Gasteiger partial charge on any atom is 0.229 e. The molecule has 2 N–H and O–H groups in total. The highest BCUT2D eigenvalue weighted by atomic mass is 32.1. The monoisotopic (exact) mass is 350 g/mol. The van der Waals surface area contributed by atoms with Crippen LogP contribution >= 0.6 is 11.3 Å². The van der Waals surface area contributed by atoms with Gasteiger partial charge in [-0.15, -0.1) is 0 Å². The van der Waals surface area contributed by atoms with E-state index in [0.29, 0.717) is 44.8 Å². The summed E-state index contributed by atoms with van der Waals surface area (Å²) in [5.74, 6) is 0.940. The van der Waals surface area contributed by atoms with Crippen LogP contribution in [0, 0.1) is 0 Å². The predicted molar refractivity (Wildman–Crippen MR) is 97.3 cm³/mol. The minimum absolute atomic E-state index is 0.0685. The van der Waals surface area contributed by atoms with Crippen molar-refractivity contribution in [2.45, 2.75) is 39.0 Å². The predicted octanol–water partition coefficient (Wildman–Crippen LogP) is 1.95. The van der Waals surface area contributed by atoms with Crippen molar-refractivity contribution < 1.29 is 9.59 Å². The Morgan fingerprint density at radius 2 is 2.08 bits per heavy atom. The van der Waals surface area contributed by atoms with E-state index in [1.807, 2.05) is 6.92 Å². The number of aliphatic imine (C=N–C) groups is 1. The van der Waals surface area contributed by atoms with Gasteiger partial charge in [-0.05, 0) is 35.7 Å². The van der Waals surface area contributed by atoms with Crippen LogP contribution in [0.3, 0.4) is 0 Å². The van der Waals surface area contributed by atoms with Gasteiger partial charge in [0.2, 0.25) is 11.8 Å². The molecular weight excluding hydrogens is 324 g/mol. The number of hydrogen-bond donors (Lipinski definition) is 2. The number of nitrogens with zero attached hydrogens (tertiary/aromatic N) is 2. The third-order valence-corrected chi connectivity index (χ3v) is 4.69. The Morgan fingerprint density at radius 1 is 1.33 bits per heavy atom. The second-order valence-electron chi connectivity index (χ2n) is 5.90. The van der Waals surface area contributed by atoms with E-state index in [4.69, 9.17) is 0 Å². The number of likely N-dealkylation sites (tertiary alicyclic amines) is 1. The van der Waals surface area contributed by atoms with Gasteiger partial charge >= 0.3 is 0 Å². The van der Waals surface area contributed by atoms with E-state index in [1.54, 1.807) is 11.3 Å². The SMILES string of the molecule is CCNC(=NCC(C)c1ccsc1)NCCN1C(=O)CCCC1=O.